The molecule has 3 nitrogen and oxygen atoms in total. The van der Waals surface area contributed by atoms with Gasteiger partial charge in [-0.1, -0.05) is 17.7 Å². The summed E-state index contributed by atoms with van der Waals surface area (Å²) >= 11 is 7.62. The van der Waals surface area contributed by atoms with E-state index in [2.05, 4.69) is 4.98 Å². The van der Waals surface area contributed by atoms with Crippen molar-refractivity contribution in [2.75, 3.05) is 0 Å². The molecule has 1 aromatic carbocycles. The lowest BCUT2D eigenvalue weighted by Gasteiger charge is -2.14. The molecule has 1 aromatic heterocycles. The summed E-state index contributed by atoms with van der Waals surface area (Å²) in [5.41, 5.74) is 0.976. The first-order valence-corrected chi connectivity index (χ1v) is 6.60. The molecule has 0 fully saturated rings. The van der Waals surface area contributed by atoms with Gasteiger partial charge in [-0.25, -0.2) is 4.98 Å². The van der Waals surface area contributed by atoms with Gasteiger partial charge < -0.3 is 9.67 Å². The van der Waals surface area contributed by atoms with Crippen LogP contribution in [0.5, 0.6) is 0 Å². The molecule has 0 amide bonds. The minimum absolute atomic E-state index is 0.123. The van der Waals surface area contributed by atoms with Gasteiger partial charge in [-0.3, -0.25) is 0 Å². The largest absolute Gasteiger partial charge is 0.387 e. The Morgan fingerprint density at radius 1 is 1.47 bits per heavy atom. The van der Waals surface area contributed by atoms with E-state index in [-0.39, 0.29) is 5.25 Å². The molecule has 1 aliphatic heterocycles. The van der Waals surface area contributed by atoms with Gasteiger partial charge in [-0.15, -0.1) is 11.8 Å². The predicted octanol–water partition coefficient (Wildman–Crippen LogP) is 2.74. The molecule has 1 aliphatic rings. The number of aliphatic hydroxyl groups excluding tert-OH is 1. The number of aliphatic hydroxyl groups is 1. The molecule has 3 rings (SSSR count). The highest BCUT2D eigenvalue weighted by molar-refractivity contribution is 8.00. The molecule has 0 radical (unpaired) electrons. The summed E-state index contributed by atoms with van der Waals surface area (Å²) < 4.78 is 1.98. The number of imidazole rings is 1. The molecule has 0 aliphatic carbocycles. The Bertz CT molecular complexity index is 529. The molecule has 2 atom stereocenters. The van der Waals surface area contributed by atoms with Crippen LogP contribution in [0, 0.1) is 0 Å². The van der Waals surface area contributed by atoms with Gasteiger partial charge in [0.15, 0.2) is 0 Å². The van der Waals surface area contributed by atoms with E-state index in [0.29, 0.717) is 5.02 Å². The molecule has 0 saturated carbocycles. The molecule has 0 spiro atoms. The second-order valence-corrected chi connectivity index (χ2v) is 5.76. The van der Waals surface area contributed by atoms with Gasteiger partial charge in [0.25, 0.3) is 0 Å². The number of hydrogen-bond acceptors (Lipinski definition) is 3. The summed E-state index contributed by atoms with van der Waals surface area (Å²) in [5.74, 6) is 0. The van der Waals surface area contributed by atoms with Crippen molar-refractivity contribution in [1.29, 1.82) is 0 Å². The maximum Gasteiger partial charge on any atom is 0.0946 e. The standard InChI is InChI=1S/C12H11ClN2OS/c13-8-1-2-9-10(5-8)17-11(12(9)16)6-15-4-3-14-7-15/h1-5,7,11-12,16H,6H2. The third-order valence-corrected chi connectivity index (χ3v) is 4.43. The fourth-order valence-corrected chi connectivity index (χ4v) is 3.63. The van der Waals surface area contributed by atoms with Crippen LogP contribution in [-0.2, 0) is 6.54 Å². The minimum atomic E-state index is -0.435. The molecule has 0 saturated heterocycles. The third kappa shape index (κ3) is 2.08. The highest BCUT2D eigenvalue weighted by Crippen LogP contribution is 2.45. The molecule has 2 unspecified atom stereocenters. The Morgan fingerprint density at radius 2 is 2.35 bits per heavy atom. The minimum Gasteiger partial charge on any atom is -0.387 e. The smallest absolute Gasteiger partial charge is 0.0946 e. The second kappa shape index (κ2) is 4.37. The number of benzene rings is 1. The molecule has 2 aromatic rings. The fraction of sp³-hybridized carbons (Fsp3) is 0.250. The third-order valence-electron chi connectivity index (χ3n) is 2.87. The quantitative estimate of drug-likeness (QED) is 0.908. The number of halogens is 1. The van der Waals surface area contributed by atoms with Gasteiger partial charge in [0.1, 0.15) is 0 Å². The van der Waals surface area contributed by atoms with Crippen molar-refractivity contribution in [3.8, 4) is 0 Å². The highest BCUT2D eigenvalue weighted by atomic mass is 35.5. The van der Waals surface area contributed by atoms with E-state index in [1.165, 1.54) is 0 Å². The van der Waals surface area contributed by atoms with Gasteiger partial charge in [0, 0.05) is 28.9 Å². The molecule has 1 N–H and O–H groups in total. The SMILES string of the molecule is OC1c2ccc(Cl)cc2SC1Cn1ccnc1. The first kappa shape index (κ1) is 11.1. The zero-order valence-corrected chi connectivity index (χ0v) is 10.5. The highest BCUT2D eigenvalue weighted by Gasteiger charge is 2.31. The molecule has 5 heteroatoms. The molecule has 2 heterocycles. The fourth-order valence-electron chi connectivity index (χ4n) is 2.02. The van der Waals surface area contributed by atoms with Crippen LogP contribution >= 0.6 is 23.4 Å². The average Bonchev–Trinajstić information content (AvgIpc) is 2.89. The van der Waals surface area contributed by atoms with Crippen LogP contribution in [0.1, 0.15) is 11.7 Å². The van der Waals surface area contributed by atoms with E-state index in [9.17, 15) is 5.11 Å². The molecular weight excluding hydrogens is 256 g/mol. The van der Waals surface area contributed by atoms with Crippen LogP contribution < -0.4 is 0 Å². The Morgan fingerprint density at radius 3 is 3.12 bits per heavy atom. The van der Waals surface area contributed by atoms with Crippen molar-refractivity contribution < 1.29 is 5.11 Å². The normalized spacial score (nSPS) is 22.7. The van der Waals surface area contributed by atoms with Gasteiger partial charge in [0.2, 0.25) is 0 Å². The Balaban J connectivity index is 1.83. The molecular formula is C12H11ClN2OS. The van der Waals surface area contributed by atoms with Gasteiger partial charge in [-0.2, -0.15) is 0 Å². The van der Waals surface area contributed by atoms with Crippen LogP contribution in [0.4, 0.5) is 0 Å². The summed E-state index contributed by atoms with van der Waals surface area (Å²) in [6.07, 6.45) is 4.98. The summed E-state index contributed by atoms with van der Waals surface area (Å²) in [5, 5.41) is 11.1. The summed E-state index contributed by atoms with van der Waals surface area (Å²) in [6.45, 7) is 0.748. The lowest BCUT2D eigenvalue weighted by molar-refractivity contribution is 0.170. The summed E-state index contributed by atoms with van der Waals surface area (Å²) in [6, 6.07) is 5.64. The zero-order chi connectivity index (χ0) is 11.8. The number of nitrogens with zero attached hydrogens (tertiary/aromatic N) is 2. The lowest BCUT2D eigenvalue weighted by atomic mass is 10.1. The Labute approximate surface area is 108 Å². The number of thioether (sulfide) groups is 1. The average molecular weight is 267 g/mol. The van der Waals surface area contributed by atoms with Crippen LogP contribution in [0.25, 0.3) is 0 Å². The van der Waals surface area contributed by atoms with Crippen molar-refractivity contribution in [3.05, 3.63) is 47.5 Å². The van der Waals surface area contributed by atoms with Gasteiger partial charge >= 0.3 is 0 Å². The van der Waals surface area contributed by atoms with Gasteiger partial charge in [-0.05, 0) is 17.7 Å². The van der Waals surface area contributed by atoms with Crippen LogP contribution in [0.15, 0.2) is 41.8 Å². The lowest BCUT2D eigenvalue weighted by Crippen LogP contribution is -2.16. The van der Waals surface area contributed by atoms with Gasteiger partial charge in [0.05, 0.1) is 17.7 Å². The van der Waals surface area contributed by atoms with E-state index in [0.717, 1.165) is 17.0 Å². The van der Waals surface area contributed by atoms with Crippen LogP contribution in [-0.4, -0.2) is 19.9 Å². The van der Waals surface area contributed by atoms with Crippen molar-refractivity contribution >= 4 is 23.4 Å². The van der Waals surface area contributed by atoms with E-state index in [1.807, 2.05) is 29.0 Å². The van der Waals surface area contributed by atoms with Crippen molar-refractivity contribution in [2.45, 2.75) is 22.8 Å². The van der Waals surface area contributed by atoms with E-state index in [1.54, 1.807) is 24.3 Å². The maximum atomic E-state index is 10.2. The first-order valence-electron chi connectivity index (χ1n) is 5.34. The Hall–Kier alpha value is -0.970. The number of aromatic nitrogens is 2. The zero-order valence-electron chi connectivity index (χ0n) is 8.95. The number of hydrogen-bond donors (Lipinski definition) is 1. The number of fused-ring (bicyclic) bond motifs is 1. The topological polar surface area (TPSA) is 38.0 Å². The van der Waals surface area contributed by atoms with E-state index >= 15 is 0 Å². The predicted molar refractivity (Wildman–Crippen MR) is 68.3 cm³/mol. The Kier molecular flexibility index (Phi) is 2.86. The number of rotatable bonds is 2. The van der Waals surface area contributed by atoms with E-state index in [4.69, 9.17) is 11.6 Å². The first-order chi connectivity index (χ1) is 8.24. The summed E-state index contributed by atoms with van der Waals surface area (Å²) in [4.78, 5) is 5.08. The summed E-state index contributed by atoms with van der Waals surface area (Å²) in [7, 11) is 0. The van der Waals surface area contributed by atoms with Crippen molar-refractivity contribution in [3.63, 3.8) is 0 Å². The second-order valence-electron chi connectivity index (χ2n) is 4.04. The maximum absolute atomic E-state index is 10.2. The monoisotopic (exact) mass is 266 g/mol. The van der Waals surface area contributed by atoms with Crippen molar-refractivity contribution in [2.24, 2.45) is 0 Å². The van der Waals surface area contributed by atoms with Crippen molar-refractivity contribution in [1.82, 2.24) is 9.55 Å². The van der Waals surface area contributed by atoms with Crippen LogP contribution in [0.3, 0.4) is 0 Å². The molecule has 17 heavy (non-hydrogen) atoms. The van der Waals surface area contributed by atoms with Crippen LogP contribution in [0.2, 0.25) is 5.02 Å². The molecule has 0 bridgehead atoms. The van der Waals surface area contributed by atoms with E-state index < -0.39 is 6.10 Å². The molecule has 88 valence electrons.